The van der Waals surface area contributed by atoms with Gasteiger partial charge in [0.2, 0.25) is 0 Å². The third-order valence-electron chi connectivity index (χ3n) is 4.13. The molecule has 3 rings (SSSR count). The number of pyridine rings is 1. The van der Waals surface area contributed by atoms with Crippen LogP contribution in [-0.2, 0) is 4.79 Å². The molecule has 2 heterocycles. The van der Waals surface area contributed by atoms with Gasteiger partial charge in [-0.3, -0.25) is 9.59 Å². The highest BCUT2D eigenvalue weighted by Gasteiger charge is 2.16. The fourth-order valence-electron chi connectivity index (χ4n) is 2.66. The van der Waals surface area contributed by atoms with Crippen LogP contribution in [-0.4, -0.2) is 32.6 Å². The molecular weight excluding hydrogens is 344 g/mol. The molecule has 7 nitrogen and oxygen atoms in total. The second-order valence-corrected chi connectivity index (χ2v) is 6.65. The number of hydrogen-bond donors (Lipinski definition) is 1. The normalized spacial score (nSPS) is 12.2. The number of amides is 1. The number of fused-ring (bicyclic) bond motifs is 1. The molecule has 1 amide bonds. The van der Waals surface area contributed by atoms with Gasteiger partial charge in [0.15, 0.2) is 17.5 Å². The number of carbonyl (C=O) groups excluding carboxylic acids is 2. The van der Waals surface area contributed by atoms with Gasteiger partial charge in [0.1, 0.15) is 5.75 Å². The molecule has 1 aromatic carbocycles. The van der Waals surface area contributed by atoms with E-state index in [0.29, 0.717) is 17.0 Å². The fourth-order valence-corrected chi connectivity index (χ4v) is 2.66. The molecule has 7 heteroatoms. The monoisotopic (exact) mass is 366 g/mol. The van der Waals surface area contributed by atoms with Gasteiger partial charge in [0.25, 0.3) is 5.91 Å². The van der Waals surface area contributed by atoms with Gasteiger partial charge in [-0.25, -0.2) is 9.67 Å². The van der Waals surface area contributed by atoms with Crippen LogP contribution in [0.15, 0.2) is 42.7 Å². The summed E-state index contributed by atoms with van der Waals surface area (Å²) in [5, 5.41) is 7.98. The summed E-state index contributed by atoms with van der Waals surface area (Å²) in [4.78, 5) is 28.1. The number of rotatable bonds is 6. The second kappa shape index (κ2) is 7.57. The summed E-state index contributed by atoms with van der Waals surface area (Å²) in [7, 11) is 0. The van der Waals surface area contributed by atoms with Crippen molar-refractivity contribution in [1.82, 2.24) is 14.8 Å². The van der Waals surface area contributed by atoms with E-state index in [0.717, 1.165) is 11.0 Å². The summed E-state index contributed by atoms with van der Waals surface area (Å²) in [5.74, 6) is 0.216. The number of aromatic nitrogens is 3. The van der Waals surface area contributed by atoms with E-state index in [2.05, 4.69) is 15.4 Å². The lowest BCUT2D eigenvalue weighted by Gasteiger charge is -2.15. The van der Waals surface area contributed by atoms with E-state index in [4.69, 9.17) is 4.74 Å². The molecule has 0 fully saturated rings. The molecule has 0 saturated carbocycles. The Hall–Kier alpha value is -3.22. The molecule has 140 valence electrons. The van der Waals surface area contributed by atoms with Gasteiger partial charge in [0, 0.05) is 17.0 Å². The zero-order chi connectivity index (χ0) is 19.6. The molecule has 3 aromatic rings. The molecule has 1 atom stereocenters. The molecular formula is C20H22N4O3. The first-order valence-corrected chi connectivity index (χ1v) is 8.77. The highest BCUT2D eigenvalue weighted by atomic mass is 16.5. The summed E-state index contributed by atoms with van der Waals surface area (Å²) in [6.07, 6.45) is 2.63. The van der Waals surface area contributed by atoms with Crippen LogP contribution < -0.4 is 10.1 Å². The van der Waals surface area contributed by atoms with Gasteiger partial charge < -0.3 is 10.1 Å². The topological polar surface area (TPSA) is 86.1 Å². The van der Waals surface area contributed by atoms with E-state index in [1.54, 1.807) is 43.6 Å². The van der Waals surface area contributed by atoms with Gasteiger partial charge in [-0.15, -0.1) is 0 Å². The molecule has 2 aromatic heterocycles. The van der Waals surface area contributed by atoms with Crippen LogP contribution >= 0.6 is 0 Å². The van der Waals surface area contributed by atoms with Crippen LogP contribution in [0.4, 0.5) is 5.69 Å². The third-order valence-corrected chi connectivity index (χ3v) is 4.13. The second-order valence-electron chi connectivity index (χ2n) is 6.65. The standard InChI is InChI=1S/C20H22N4O3/c1-12(2)24-19-16(10-22-24)9-17(11-21-19)23-20(26)14(4)27-18-7-5-15(6-8-18)13(3)25/h5-12,14H,1-4H3,(H,23,26). The molecule has 0 aliphatic heterocycles. The number of anilines is 1. The summed E-state index contributed by atoms with van der Waals surface area (Å²) in [6, 6.07) is 8.74. The van der Waals surface area contributed by atoms with Crippen molar-refractivity contribution in [3.8, 4) is 5.75 Å². The maximum absolute atomic E-state index is 12.4. The highest BCUT2D eigenvalue weighted by Crippen LogP contribution is 2.20. The Morgan fingerprint density at radius 1 is 1.11 bits per heavy atom. The largest absolute Gasteiger partial charge is 0.481 e. The Labute approximate surface area is 157 Å². The van der Waals surface area contributed by atoms with Gasteiger partial charge in [-0.05, 0) is 58.0 Å². The quantitative estimate of drug-likeness (QED) is 0.673. The zero-order valence-electron chi connectivity index (χ0n) is 15.8. The molecule has 0 aliphatic rings. The molecule has 0 radical (unpaired) electrons. The minimum Gasteiger partial charge on any atom is -0.481 e. The van der Waals surface area contributed by atoms with Crippen LogP contribution in [0, 0.1) is 0 Å². The van der Waals surface area contributed by atoms with Crippen molar-refractivity contribution in [2.75, 3.05) is 5.32 Å². The maximum Gasteiger partial charge on any atom is 0.265 e. The Bertz CT molecular complexity index is 977. The average Bonchev–Trinajstić information content (AvgIpc) is 3.05. The molecule has 1 N–H and O–H groups in total. The van der Waals surface area contributed by atoms with Crippen molar-refractivity contribution in [1.29, 1.82) is 0 Å². The van der Waals surface area contributed by atoms with Crippen molar-refractivity contribution in [2.24, 2.45) is 0 Å². The van der Waals surface area contributed by atoms with Crippen LogP contribution in [0.3, 0.4) is 0 Å². The molecule has 0 saturated heterocycles. The SMILES string of the molecule is CC(=O)c1ccc(OC(C)C(=O)Nc2cnc3c(cnn3C(C)C)c2)cc1. The van der Waals surface area contributed by atoms with E-state index in [9.17, 15) is 9.59 Å². The Kier molecular flexibility index (Phi) is 5.21. The van der Waals surface area contributed by atoms with E-state index in [-0.39, 0.29) is 17.7 Å². The fraction of sp³-hybridized carbons (Fsp3) is 0.300. The van der Waals surface area contributed by atoms with Crippen LogP contribution in [0.1, 0.15) is 44.1 Å². The van der Waals surface area contributed by atoms with E-state index < -0.39 is 6.10 Å². The van der Waals surface area contributed by atoms with Crippen molar-refractivity contribution >= 4 is 28.4 Å². The van der Waals surface area contributed by atoms with Crippen molar-refractivity contribution in [2.45, 2.75) is 39.8 Å². The number of benzene rings is 1. The summed E-state index contributed by atoms with van der Waals surface area (Å²) in [5.41, 5.74) is 1.96. The Morgan fingerprint density at radius 2 is 1.81 bits per heavy atom. The summed E-state index contributed by atoms with van der Waals surface area (Å²) >= 11 is 0. The number of nitrogens with zero attached hydrogens (tertiary/aromatic N) is 3. The number of Topliss-reactive ketones (excluding diaryl/α,β-unsaturated/α-hetero) is 1. The van der Waals surface area contributed by atoms with Gasteiger partial charge in [-0.2, -0.15) is 5.10 Å². The average molecular weight is 366 g/mol. The minimum absolute atomic E-state index is 0.0176. The minimum atomic E-state index is -0.706. The molecule has 0 bridgehead atoms. The zero-order valence-corrected chi connectivity index (χ0v) is 15.8. The van der Waals surface area contributed by atoms with Gasteiger partial charge >= 0.3 is 0 Å². The third kappa shape index (κ3) is 4.13. The molecule has 1 unspecified atom stereocenters. The highest BCUT2D eigenvalue weighted by molar-refractivity contribution is 5.96. The van der Waals surface area contributed by atoms with E-state index in [1.165, 1.54) is 6.92 Å². The van der Waals surface area contributed by atoms with Crippen LogP contribution in [0.2, 0.25) is 0 Å². The predicted molar refractivity (Wildman–Crippen MR) is 103 cm³/mol. The first kappa shape index (κ1) is 18.6. The van der Waals surface area contributed by atoms with E-state index in [1.807, 2.05) is 24.6 Å². The summed E-state index contributed by atoms with van der Waals surface area (Å²) in [6.45, 7) is 7.23. The number of ketones is 1. The van der Waals surface area contributed by atoms with Gasteiger partial charge in [0.05, 0.1) is 18.1 Å². The van der Waals surface area contributed by atoms with Crippen LogP contribution in [0.25, 0.3) is 11.0 Å². The number of ether oxygens (including phenoxy) is 1. The van der Waals surface area contributed by atoms with Crippen molar-refractivity contribution < 1.29 is 14.3 Å². The molecule has 0 aliphatic carbocycles. The molecule has 0 spiro atoms. The first-order chi connectivity index (χ1) is 12.8. The summed E-state index contributed by atoms with van der Waals surface area (Å²) < 4.78 is 7.48. The predicted octanol–water partition coefficient (Wildman–Crippen LogP) is 3.62. The number of hydrogen-bond acceptors (Lipinski definition) is 5. The van der Waals surface area contributed by atoms with E-state index >= 15 is 0 Å². The lowest BCUT2D eigenvalue weighted by Crippen LogP contribution is -2.30. The Morgan fingerprint density at radius 3 is 2.44 bits per heavy atom. The molecule has 27 heavy (non-hydrogen) atoms. The Balaban J connectivity index is 1.67. The lowest BCUT2D eigenvalue weighted by molar-refractivity contribution is -0.122. The number of carbonyl (C=O) groups is 2. The first-order valence-electron chi connectivity index (χ1n) is 8.77. The smallest absolute Gasteiger partial charge is 0.265 e. The number of nitrogens with one attached hydrogen (secondary N) is 1. The van der Waals surface area contributed by atoms with Crippen molar-refractivity contribution in [3.63, 3.8) is 0 Å². The lowest BCUT2D eigenvalue weighted by atomic mass is 10.1. The maximum atomic E-state index is 12.4. The van der Waals surface area contributed by atoms with Crippen molar-refractivity contribution in [3.05, 3.63) is 48.3 Å². The van der Waals surface area contributed by atoms with Crippen LogP contribution in [0.5, 0.6) is 5.75 Å². The van der Waals surface area contributed by atoms with Gasteiger partial charge in [-0.1, -0.05) is 0 Å².